The lowest BCUT2D eigenvalue weighted by atomic mass is 10.1. The molecule has 0 saturated carbocycles. The minimum absolute atomic E-state index is 0. The minimum Gasteiger partial charge on any atom is -0.465 e. The number of carbonyl (C=O) groups is 2. The third-order valence-electron chi connectivity index (χ3n) is 4.63. The van der Waals surface area contributed by atoms with Gasteiger partial charge in [-0.05, 0) is 69.9 Å². The molecule has 6 nitrogen and oxygen atoms in total. The van der Waals surface area contributed by atoms with Crippen LogP contribution in [0, 0.1) is 6.92 Å². The SMILES string of the molecule is COC(=O)c1ccc(C(=O)N(CCCN(C)C)c2nc3c(C)cccc3s2)cc1.Cl. The van der Waals surface area contributed by atoms with Crippen molar-refractivity contribution in [3.63, 3.8) is 0 Å². The van der Waals surface area contributed by atoms with Gasteiger partial charge in [0.05, 0.1) is 22.9 Å². The number of halogens is 1. The molecule has 160 valence electrons. The molecule has 1 aromatic heterocycles. The van der Waals surface area contributed by atoms with Crippen LogP contribution in [0.25, 0.3) is 10.2 Å². The van der Waals surface area contributed by atoms with Crippen molar-refractivity contribution in [1.29, 1.82) is 0 Å². The van der Waals surface area contributed by atoms with E-state index in [4.69, 9.17) is 9.72 Å². The Kier molecular flexibility index (Phi) is 8.34. The van der Waals surface area contributed by atoms with Crippen molar-refractivity contribution in [3.05, 3.63) is 59.2 Å². The molecule has 0 aliphatic rings. The van der Waals surface area contributed by atoms with Crippen LogP contribution >= 0.6 is 23.7 Å². The fraction of sp³-hybridized carbons (Fsp3) is 0.318. The minimum atomic E-state index is -0.423. The van der Waals surface area contributed by atoms with Gasteiger partial charge in [-0.1, -0.05) is 23.5 Å². The van der Waals surface area contributed by atoms with Gasteiger partial charge in [0.1, 0.15) is 0 Å². The Labute approximate surface area is 186 Å². The number of rotatable bonds is 7. The molecule has 1 amide bonds. The summed E-state index contributed by atoms with van der Waals surface area (Å²) >= 11 is 1.52. The topological polar surface area (TPSA) is 62.7 Å². The van der Waals surface area contributed by atoms with Crippen LogP contribution in [0.1, 0.15) is 32.7 Å². The summed E-state index contributed by atoms with van der Waals surface area (Å²) in [6.45, 7) is 3.46. The van der Waals surface area contributed by atoms with Crippen molar-refractivity contribution in [2.75, 3.05) is 39.2 Å². The van der Waals surface area contributed by atoms with Crippen LogP contribution in [0.4, 0.5) is 5.13 Å². The average molecular weight is 448 g/mol. The Morgan fingerprint density at radius 1 is 1.03 bits per heavy atom. The summed E-state index contributed by atoms with van der Waals surface area (Å²) in [6, 6.07) is 12.6. The average Bonchev–Trinajstić information content (AvgIpc) is 3.15. The zero-order valence-electron chi connectivity index (χ0n) is 17.5. The molecule has 8 heteroatoms. The van der Waals surface area contributed by atoms with Crippen LogP contribution < -0.4 is 4.90 Å². The highest BCUT2D eigenvalue weighted by molar-refractivity contribution is 7.22. The van der Waals surface area contributed by atoms with Crippen LogP contribution in [0.15, 0.2) is 42.5 Å². The third kappa shape index (κ3) is 5.36. The first-order valence-electron chi connectivity index (χ1n) is 9.42. The van der Waals surface area contributed by atoms with E-state index in [0.29, 0.717) is 22.8 Å². The monoisotopic (exact) mass is 447 g/mol. The molecule has 0 fully saturated rings. The largest absolute Gasteiger partial charge is 0.465 e. The molecule has 0 spiro atoms. The predicted molar refractivity (Wildman–Crippen MR) is 124 cm³/mol. The zero-order valence-corrected chi connectivity index (χ0v) is 19.2. The van der Waals surface area contributed by atoms with Crippen molar-refractivity contribution in [2.24, 2.45) is 0 Å². The molecule has 3 rings (SSSR count). The Morgan fingerprint density at radius 2 is 1.70 bits per heavy atom. The predicted octanol–water partition coefficient (Wildman–Crippen LogP) is 4.41. The second-order valence-corrected chi connectivity index (χ2v) is 8.11. The summed E-state index contributed by atoms with van der Waals surface area (Å²) < 4.78 is 5.79. The molecule has 0 N–H and O–H groups in total. The normalized spacial score (nSPS) is 10.7. The Morgan fingerprint density at radius 3 is 2.30 bits per heavy atom. The first-order chi connectivity index (χ1) is 13.9. The molecule has 0 aliphatic heterocycles. The fourth-order valence-corrected chi connectivity index (χ4v) is 4.11. The first kappa shape index (κ1) is 23.8. The van der Waals surface area contributed by atoms with Gasteiger partial charge < -0.3 is 9.64 Å². The van der Waals surface area contributed by atoms with Gasteiger partial charge in [-0.15, -0.1) is 12.4 Å². The number of hydrogen-bond acceptors (Lipinski definition) is 6. The van der Waals surface area contributed by atoms with Crippen LogP contribution in [0.5, 0.6) is 0 Å². The molecule has 3 aromatic rings. The highest BCUT2D eigenvalue weighted by atomic mass is 35.5. The van der Waals surface area contributed by atoms with Gasteiger partial charge in [0.15, 0.2) is 5.13 Å². The summed E-state index contributed by atoms with van der Waals surface area (Å²) in [6.07, 6.45) is 0.827. The van der Waals surface area contributed by atoms with E-state index in [0.717, 1.165) is 28.7 Å². The molecule has 1 heterocycles. The first-order valence-corrected chi connectivity index (χ1v) is 10.2. The lowest BCUT2D eigenvalue weighted by Gasteiger charge is -2.21. The molecular weight excluding hydrogens is 422 g/mol. The lowest BCUT2D eigenvalue weighted by Crippen LogP contribution is -2.33. The van der Waals surface area contributed by atoms with Crippen LogP contribution in [-0.4, -0.2) is 56.1 Å². The second kappa shape index (κ2) is 10.5. The molecule has 0 saturated heterocycles. The number of nitrogens with zero attached hydrogens (tertiary/aromatic N) is 3. The summed E-state index contributed by atoms with van der Waals surface area (Å²) in [7, 11) is 5.36. The molecule has 0 bridgehead atoms. The van der Waals surface area contributed by atoms with E-state index in [2.05, 4.69) is 4.90 Å². The molecule has 0 atom stereocenters. The number of para-hydroxylation sites is 1. The number of aromatic nitrogens is 1. The van der Waals surface area contributed by atoms with E-state index >= 15 is 0 Å². The maximum absolute atomic E-state index is 13.3. The molecule has 30 heavy (non-hydrogen) atoms. The number of aryl methyl sites for hydroxylation is 1. The van der Waals surface area contributed by atoms with Gasteiger partial charge >= 0.3 is 5.97 Å². The Hall–Kier alpha value is -2.48. The number of thiazole rings is 1. The zero-order chi connectivity index (χ0) is 21.0. The highest BCUT2D eigenvalue weighted by Crippen LogP contribution is 2.31. The number of fused-ring (bicyclic) bond motifs is 1. The molecule has 0 radical (unpaired) electrons. The highest BCUT2D eigenvalue weighted by Gasteiger charge is 2.22. The van der Waals surface area contributed by atoms with Crippen molar-refractivity contribution in [2.45, 2.75) is 13.3 Å². The van der Waals surface area contributed by atoms with E-state index in [1.807, 2.05) is 39.2 Å². The number of ether oxygens (including phenoxy) is 1. The fourth-order valence-electron chi connectivity index (χ4n) is 3.04. The summed E-state index contributed by atoms with van der Waals surface area (Å²) in [5.41, 5.74) is 2.95. The van der Waals surface area contributed by atoms with Crippen molar-refractivity contribution < 1.29 is 14.3 Å². The summed E-state index contributed by atoms with van der Waals surface area (Å²) in [4.78, 5) is 33.5. The van der Waals surface area contributed by atoms with Gasteiger partial charge in [-0.2, -0.15) is 0 Å². The van der Waals surface area contributed by atoms with Gasteiger partial charge in [0, 0.05) is 12.1 Å². The molecule has 0 aliphatic carbocycles. The number of carbonyl (C=O) groups excluding carboxylic acids is 2. The number of amides is 1. The number of benzene rings is 2. The van der Waals surface area contributed by atoms with Gasteiger partial charge in [-0.25, -0.2) is 9.78 Å². The van der Waals surface area contributed by atoms with Crippen molar-refractivity contribution >= 4 is 51.0 Å². The van der Waals surface area contributed by atoms with E-state index in [9.17, 15) is 9.59 Å². The summed E-state index contributed by atoms with van der Waals surface area (Å²) in [5.74, 6) is -0.551. The van der Waals surface area contributed by atoms with Gasteiger partial charge in [-0.3, -0.25) is 9.69 Å². The van der Waals surface area contributed by atoms with Crippen LogP contribution in [-0.2, 0) is 4.74 Å². The van der Waals surface area contributed by atoms with Gasteiger partial charge in [0.25, 0.3) is 5.91 Å². The summed E-state index contributed by atoms with van der Waals surface area (Å²) in [5, 5.41) is 0.690. The van der Waals surface area contributed by atoms with Crippen LogP contribution in [0.3, 0.4) is 0 Å². The smallest absolute Gasteiger partial charge is 0.337 e. The standard InChI is InChI=1S/C22H25N3O3S.ClH/c1-15-7-5-8-18-19(15)23-22(29-18)25(14-6-13-24(2)3)20(26)16-9-11-17(12-10-16)21(27)28-4;/h5,7-12H,6,13-14H2,1-4H3;1H. The lowest BCUT2D eigenvalue weighted by molar-refractivity contribution is 0.0600. The Balaban J connectivity index is 0.00000320. The quantitative estimate of drug-likeness (QED) is 0.502. The number of hydrogen-bond donors (Lipinski definition) is 0. The van der Waals surface area contributed by atoms with E-state index in [-0.39, 0.29) is 18.3 Å². The number of methoxy groups -OCH3 is 1. The number of anilines is 1. The molecular formula is C22H26ClN3O3S. The van der Waals surface area contributed by atoms with E-state index < -0.39 is 5.97 Å². The maximum Gasteiger partial charge on any atom is 0.337 e. The van der Waals surface area contributed by atoms with E-state index in [1.165, 1.54) is 18.4 Å². The van der Waals surface area contributed by atoms with Crippen molar-refractivity contribution in [1.82, 2.24) is 9.88 Å². The Bertz CT molecular complexity index is 1020. The second-order valence-electron chi connectivity index (χ2n) is 7.10. The third-order valence-corrected chi connectivity index (χ3v) is 5.67. The molecule has 0 unspecified atom stereocenters. The van der Waals surface area contributed by atoms with Crippen LogP contribution in [0.2, 0.25) is 0 Å². The van der Waals surface area contributed by atoms with Gasteiger partial charge in [0.2, 0.25) is 0 Å². The number of esters is 1. The molecule has 2 aromatic carbocycles. The van der Waals surface area contributed by atoms with Crippen molar-refractivity contribution in [3.8, 4) is 0 Å². The van der Waals surface area contributed by atoms with E-state index in [1.54, 1.807) is 29.2 Å². The maximum atomic E-state index is 13.3.